The molecular formula is C25H25FN4. The third kappa shape index (κ3) is 3.86. The molecule has 30 heavy (non-hydrogen) atoms. The molecule has 0 spiro atoms. The van der Waals surface area contributed by atoms with Crippen molar-refractivity contribution in [2.75, 3.05) is 26.7 Å². The van der Waals surface area contributed by atoms with Crippen molar-refractivity contribution in [3.63, 3.8) is 0 Å². The zero-order valence-corrected chi connectivity index (χ0v) is 17.1. The lowest BCUT2D eigenvalue weighted by molar-refractivity contribution is 0.0832. The van der Waals surface area contributed by atoms with Gasteiger partial charge in [0.1, 0.15) is 5.82 Å². The maximum absolute atomic E-state index is 13.4. The van der Waals surface area contributed by atoms with Crippen LogP contribution in [0.1, 0.15) is 17.2 Å². The molecule has 1 N–H and O–H groups in total. The summed E-state index contributed by atoms with van der Waals surface area (Å²) in [6.45, 7) is 3.75. The van der Waals surface area contributed by atoms with Gasteiger partial charge in [0.2, 0.25) is 0 Å². The van der Waals surface area contributed by atoms with E-state index in [9.17, 15) is 4.39 Å². The van der Waals surface area contributed by atoms with E-state index in [2.05, 4.69) is 57.1 Å². The zero-order valence-electron chi connectivity index (χ0n) is 17.1. The number of halogens is 1. The molecule has 4 nitrogen and oxygen atoms in total. The molecule has 1 aliphatic heterocycles. The highest BCUT2D eigenvalue weighted by Gasteiger charge is 2.26. The molecule has 4 aromatic rings. The van der Waals surface area contributed by atoms with Gasteiger partial charge < -0.3 is 9.88 Å². The second kappa shape index (κ2) is 8.01. The second-order valence-electron chi connectivity index (χ2n) is 8.16. The molecule has 0 unspecified atom stereocenters. The van der Waals surface area contributed by atoms with Crippen LogP contribution in [-0.4, -0.2) is 46.4 Å². The summed E-state index contributed by atoms with van der Waals surface area (Å²) in [6, 6.07) is 17.9. The molecule has 152 valence electrons. The molecule has 1 atom stereocenters. The monoisotopic (exact) mass is 400 g/mol. The number of nitrogens with one attached hydrogen (secondary N) is 1. The van der Waals surface area contributed by atoms with Crippen LogP contribution in [0.25, 0.3) is 22.0 Å². The minimum Gasteiger partial charge on any atom is -0.361 e. The fourth-order valence-corrected chi connectivity index (χ4v) is 4.35. The van der Waals surface area contributed by atoms with Crippen molar-refractivity contribution in [2.24, 2.45) is 0 Å². The number of hydrogen-bond donors (Lipinski definition) is 1. The van der Waals surface area contributed by atoms with Gasteiger partial charge in [-0.3, -0.25) is 9.88 Å². The van der Waals surface area contributed by atoms with Gasteiger partial charge in [0, 0.05) is 61.9 Å². The summed E-state index contributed by atoms with van der Waals surface area (Å²) in [6.07, 6.45) is 5.85. The minimum atomic E-state index is -0.189. The maximum atomic E-state index is 13.4. The third-order valence-electron chi connectivity index (χ3n) is 6.02. The van der Waals surface area contributed by atoms with E-state index in [0.717, 1.165) is 42.8 Å². The van der Waals surface area contributed by atoms with Crippen molar-refractivity contribution in [1.82, 2.24) is 19.8 Å². The highest BCUT2D eigenvalue weighted by molar-refractivity contribution is 5.84. The number of benzene rings is 2. The van der Waals surface area contributed by atoms with Gasteiger partial charge in [-0.25, -0.2) is 4.39 Å². The van der Waals surface area contributed by atoms with E-state index in [0.29, 0.717) is 0 Å². The van der Waals surface area contributed by atoms with Crippen molar-refractivity contribution < 1.29 is 4.39 Å². The van der Waals surface area contributed by atoms with E-state index in [4.69, 9.17) is 0 Å². The lowest BCUT2D eigenvalue weighted by Crippen LogP contribution is -2.46. The summed E-state index contributed by atoms with van der Waals surface area (Å²) >= 11 is 0. The number of likely N-dealkylation sites (N-methyl/N-ethyl adjacent to an activating group) is 1. The molecular weight excluding hydrogens is 375 g/mol. The van der Waals surface area contributed by atoms with Crippen LogP contribution in [0.3, 0.4) is 0 Å². The highest BCUT2D eigenvalue weighted by Crippen LogP contribution is 2.28. The Morgan fingerprint density at radius 1 is 1.00 bits per heavy atom. The number of H-pyrrole nitrogens is 1. The molecule has 1 aliphatic rings. The Morgan fingerprint density at radius 2 is 1.87 bits per heavy atom. The Labute approximate surface area is 176 Å². The summed E-state index contributed by atoms with van der Waals surface area (Å²) in [7, 11) is 2.15. The van der Waals surface area contributed by atoms with Gasteiger partial charge in [-0.2, -0.15) is 0 Å². The number of rotatable bonds is 4. The van der Waals surface area contributed by atoms with Gasteiger partial charge in [0.15, 0.2) is 0 Å². The van der Waals surface area contributed by atoms with Gasteiger partial charge in [0.05, 0.1) is 0 Å². The molecule has 3 heterocycles. The number of hydrogen-bond acceptors (Lipinski definition) is 3. The third-order valence-corrected chi connectivity index (χ3v) is 6.02. The van der Waals surface area contributed by atoms with Gasteiger partial charge in [-0.05, 0) is 65.5 Å². The fraction of sp³-hybridized carbons (Fsp3) is 0.240. The van der Waals surface area contributed by atoms with Crippen molar-refractivity contribution in [2.45, 2.75) is 12.6 Å². The Balaban J connectivity index is 1.41. The average Bonchev–Trinajstić information content (AvgIpc) is 3.24. The molecule has 0 amide bonds. The van der Waals surface area contributed by atoms with Gasteiger partial charge in [-0.1, -0.05) is 18.2 Å². The van der Waals surface area contributed by atoms with Gasteiger partial charge in [0.25, 0.3) is 0 Å². The molecule has 0 bridgehead atoms. The van der Waals surface area contributed by atoms with Crippen molar-refractivity contribution in [1.29, 1.82) is 0 Å². The molecule has 1 saturated heterocycles. The summed E-state index contributed by atoms with van der Waals surface area (Å²) in [5, 5.41) is 1.20. The smallest absolute Gasteiger partial charge is 0.123 e. The first kappa shape index (κ1) is 19.0. The quantitative estimate of drug-likeness (QED) is 0.531. The fourth-order valence-electron chi connectivity index (χ4n) is 4.35. The second-order valence-corrected chi connectivity index (χ2v) is 8.16. The topological polar surface area (TPSA) is 35.2 Å². The molecule has 2 aromatic carbocycles. The van der Waals surface area contributed by atoms with Crippen LogP contribution in [-0.2, 0) is 6.54 Å². The van der Waals surface area contributed by atoms with Crippen molar-refractivity contribution >= 4 is 10.9 Å². The first-order chi connectivity index (χ1) is 14.7. The lowest BCUT2D eigenvalue weighted by atomic mass is 10.0. The van der Waals surface area contributed by atoms with E-state index >= 15 is 0 Å². The summed E-state index contributed by atoms with van der Waals surface area (Å²) < 4.78 is 13.4. The molecule has 5 rings (SSSR count). The highest BCUT2D eigenvalue weighted by atomic mass is 19.1. The number of aromatic amines is 1. The van der Waals surface area contributed by atoms with Crippen molar-refractivity contribution in [3.05, 3.63) is 90.1 Å². The number of fused-ring (bicyclic) bond motifs is 1. The summed E-state index contributed by atoms with van der Waals surface area (Å²) in [5.74, 6) is -0.189. The predicted octanol–water partition coefficient (Wildman–Crippen LogP) is 4.86. The number of aromatic nitrogens is 2. The SMILES string of the molecule is CN1CCN(Cc2cncc(-c3ccc4[nH]ccc4c3)c2)[C@@H](c2ccc(F)cc2)C1. The Bertz CT molecular complexity index is 1150. The normalized spacial score (nSPS) is 18.1. The van der Waals surface area contributed by atoms with Crippen LogP contribution in [0.4, 0.5) is 4.39 Å². The first-order valence-electron chi connectivity index (χ1n) is 10.4. The van der Waals surface area contributed by atoms with Crippen LogP contribution >= 0.6 is 0 Å². The maximum Gasteiger partial charge on any atom is 0.123 e. The van der Waals surface area contributed by atoms with Crippen LogP contribution in [0, 0.1) is 5.82 Å². The Kier molecular flexibility index (Phi) is 5.07. The summed E-state index contributed by atoms with van der Waals surface area (Å²) in [5.41, 5.74) is 5.79. The standard InChI is InChI=1S/C25H25FN4/c1-29-10-11-30(25(17-29)19-2-5-23(26)6-3-19)16-18-12-22(15-27-14-18)20-4-7-24-21(13-20)8-9-28-24/h2-9,12-15,25,28H,10-11,16-17H2,1H3/t25-/m1/s1. The van der Waals surface area contributed by atoms with Crippen molar-refractivity contribution in [3.8, 4) is 11.1 Å². The minimum absolute atomic E-state index is 0.189. The van der Waals surface area contributed by atoms with Gasteiger partial charge >= 0.3 is 0 Å². The van der Waals surface area contributed by atoms with E-state index in [1.54, 1.807) is 12.1 Å². The number of piperazine rings is 1. The van der Waals surface area contributed by atoms with Crippen LogP contribution in [0.15, 0.2) is 73.2 Å². The molecule has 1 fully saturated rings. The summed E-state index contributed by atoms with van der Waals surface area (Å²) in [4.78, 5) is 12.6. The van der Waals surface area contributed by atoms with Crippen LogP contribution in [0.2, 0.25) is 0 Å². The van der Waals surface area contributed by atoms with E-state index in [-0.39, 0.29) is 11.9 Å². The Morgan fingerprint density at radius 3 is 2.73 bits per heavy atom. The average molecular weight is 401 g/mol. The molecule has 0 saturated carbocycles. The largest absolute Gasteiger partial charge is 0.361 e. The molecule has 5 heteroatoms. The number of nitrogens with zero attached hydrogens (tertiary/aromatic N) is 3. The predicted molar refractivity (Wildman–Crippen MR) is 119 cm³/mol. The Hall–Kier alpha value is -3.02. The van der Waals surface area contributed by atoms with Gasteiger partial charge in [-0.15, -0.1) is 0 Å². The molecule has 2 aromatic heterocycles. The van der Waals surface area contributed by atoms with Crippen LogP contribution < -0.4 is 0 Å². The first-order valence-corrected chi connectivity index (χ1v) is 10.4. The van der Waals surface area contributed by atoms with E-state index in [1.165, 1.54) is 16.5 Å². The number of pyridine rings is 1. The lowest BCUT2D eigenvalue weighted by Gasteiger charge is -2.40. The zero-order chi connectivity index (χ0) is 20.5. The molecule has 0 radical (unpaired) electrons. The van der Waals surface area contributed by atoms with Crippen LogP contribution in [0.5, 0.6) is 0 Å². The van der Waals surface area contributed by atoms with E-state index < -0.39 is 0 Å². The van der Waals surface area contributed by atoms with E-state index in [1.807, 2.05) is 30.7 Å². The molecule has 0 aliphatic carbocycles.